The lowest BCUT2D eigenvalue weighted by Gasteiger charge is -2.21. The highest BCUT2D eigenvalue weighted by Crippen LogP contribution is 2.29. The zero-order valence-corrected chi connectivity index (χ0v) is 15.8. The van der Waals surface area contributed by atoms with Gasteiger partial charge < -0.3 is 0 Å². The number of hydrogen-bond donors (Lipinski definition) is 0. The molecule has 1 saturated carbocycles. The second kappa shape index (κ2) is 8.56. The normalized spacial score (nSPS) is 14.2. The number of unbranched alkanes of at least 4 members (excludes halogenated alkanes) is 2. The number of benzene rings is 1. The average Bonchev–Trinajstić information content (AvgIpc) is 3.19. The first-order valence-electron chi connectivity index (χ1n) is 9.47. The topological polar surface area (TPSA) is 46.8 Å². The zero-order chi connectivity index (χ0) is 17.6. The van der Waals surface area contributed by atoms with Gasteiger partial charge in [-0.1, -0.05) is 36.8 Å². The van der Waals surface area contributed by atoms with Crippen LogP contribution in [-0.4, -0.2) is 37.7 Å². The lowest BCUT2D eigenvalue weighted by molar-refractivity contribution is 0.247. The number of tetrazole rings is 1. The highest BCUT2D eigenvalue weighted by atomic mass is 32.1. The molecule has 6 heteroatoms. The third-order valence-electron chi connectivity index (χ3n) is 4.82. The van der Waals surface area contributed by atoms with Crippen molar-refractivity contribution in [1.29, 1.82) is 0 Å². The van der Waals surface area contributed by atoms with Crippen molar-refractivity contribution in [3.63, 3.8) is 0 Å². The van der Waals surface area contributed by atoms with Gasteiger partial charge in [-0.25, -0.2) is 0 Å². The Morgan fingerprint density at radius 2 is 1.96 bits per heavy atom. The molecule has 0 N–H and O–H groups in total. The first kappa shape index (κ1) is 17.4. The molecule has 1 fully saturated rings. The lowest BCUT2D eigenvalue weighted by Crippen LogP contribution is -2.26. The fourth-order valence-electron chi connectivity index (χ4n) is 3.23. The first-order valence-corrected chi connectivity index (χ1v) is 10.4. The molecule has 1 aliphatic rings. The van der Waals surface area contributed by atoms with E-state index in [1.165, 1.54) is 37.8 Å². The minimum absolute atomic E-state index is 0.710. The van der Waals surface area contributed by atoms with Gasteiger partial charge in [0.1, 0.15) is 0 Å². The largest absolute Gasteiger partial charge is 0.296 e. The van der Waals surface area contributed by atoms with Crippen molar-refractivity contribution in [1.82, 2.24) is 25.1 Å². The minimum Gasteiger partial charge on any atom is -0.296 e. The minimum atomic E-state index is 0.710. The second-order valence-electron chi connectivity index (χ2n) is 6.97. The molecule has 1 aliphatic carbocycles. The van der Waals surface area contributed by atoms with Crippen LogP contribution in [0.4, 0.5) is 0 Å². The fraction of sp³-hybridized carbons (Fsp3) is 0.450. The van der Waals surface area contributed by atoms with E-state index in [1.807, 2.05) is 30.3 Å². The average molecular weight is 368 g/mol. The van der Waals surface area contributed by atoms with Gasteiger partial charge in [0.05, 0.1) is 6.54 Å². The number of aryl methyl sites for hydroxylation is 1. The predicted octanol–water partition coefficient (Wildman–Crippen LogP) is 4.24. The molecule has 5 nitrogen and oxygen atoms in total. The molecular formula is C20H25N5S. The highest BCUT2D eigenvalue weighted by molar-refractivity contribution is 7.07. The van der Waals surface area contributed by atoms with Crippen molar-refractivity contribution in [2.75, 3.05) is 6.54 Å². The van der Waals surface area contributed by atoms with Crippen LogP contribution < -0.4 is 0 Å². The molecule has 0 unspecified atom stereocenters. The molecule has 3 aromatic rings. The van der Waals surface area contributed by atoms with E-state index in [0.717, 1.165) is 31.1 Å². The molecule has 0 bridgehead atoms. The molecule has 2 aromatic heterocycles. The summed E-state index contributed by atoms with van der Waals surface area (Å²) in [4.78, 5) is 4.38. The van der Waals surface area contributed by atoms with E-state index in [4.69, 9.17) is 0 Å². The van der Waals surface area contributed by atoms with Crippen molar-refractivity contribution in [2.24, 2.45) is 0 Å². The SMILES string of the molecule is c1ccc(-c2nnn(CCCCCN(Cc3ccsc3)C3CC3)n2)cc1. The standard InChI is InChI=1S/C20H25N5S/c1-3-7-18(8-4-1)20-21-23-25(22-20)13-6-2-5-12-24(19-9-10-19)15-17-11-14-26-16-17/h1,3-4,7-8,11,14,16,19H,2,5-6,9-10,12-13,15H2. The number of nitrogens with zero attached hydrogens (tertiary/aromatic N) is 5. The Labute approximate surface area is 158 Å². The van der Waals surface area contributed by atoms with Gasteiger partial charge in [0.25, 0.3) is 0 Å². The zero-order valence-electron chi connectivity index (χ0n) is 15.0. The maximum atomic E-state index is 4.49. The Bertz CT molecular complexity index is 780. The van der Waals surface area contributed by atoms with Gasteiger partial charge in [-0.05, 0) is 59.8 Å². The van der Waals surface area contributed by atoms with Crippen molar-refractivity contribution in [3.05, 3.63) is 52.7 Å². The van der Waals surface area contributed by atoms with E-state index in [2.05, 4.69) is 37.1 Å². The number of rotatable bonds is 10. The summed E-state index contributed by atoms with van der Waals surface area (Å²) in [5, 5.41) is 17.3. The summed E-state index contributed by atoms with van der Waals surface area (Å²) >= 11 is 1.79. The van der Waals surface area contributed by atoms with Gasteiger partial charge in [0.15, 0.2) is 0 Å². The van der Waals surface area contributed by atoms with Gasteiger partial charge in [-0.2, -0.15) is 16.1 Å². The molecule has 0 spiro atoms. The molecule has 1 aromatic carbocycles. The highest BCUT2D eigenvalue weighted by Gasteiger charge is 2.28. The van der Waals surface area contributed by atoms with Crippen LogP contribution in [0.1, 0.15) is 37.7 Å². The summed E-state index contributed by atoms with van der Waals surface area (Å²) < 4.78 is 0. The maximum Gasteiger partial charge on any atom is 0.204 e. The summed E-state index contributed by atoms with van der Waals surface area (Å²) in [7, 11) is 0. The van der Waals surface area contributed by atoms with Crippen LogP contribution in [0.2, 0.25) is 0 Å². The maximum absolute atomic E-state index is 4.49. The van der Waals surface area contributed by atoms with Crippen LogP contribution in [-0.2, 0) is 13.1 Å². The molecular weight excluding hydrogens is 342 g/mol. The van der Waals surface area contributed by atoms with Crippen molar-refractivity contribution in [3.8, 4) is 11.4 Å². The number of aromatic nitrogens is 4. The molecule has 2 heterocycles. The molecule has 26 heavy (non-hydrogen) atoms. The first-order chi connectivity index (χ1) is 12.9. The van der Waals surface area contributed by atoms with E-state index in [-0.39, 0.29) is 0 Å². The van der Waals surface area contributed by atoms with Crippen LogP contribution in [0.5, 0.6) is 0 Å². The second-order valence-corrected chi connectivity index (χ2v) is 7.75. The van der Waals surface area contributed by atoms with Crippen LogP contribution in [0.15, 0.2) is 47.2 Å². The summed E-state index contributed by atoms with van der Waals surface area (Å²) in [6, 6.07) is 13.1. The number of hydrogen-bond acceptors (Lipinski definition) is 5. The van der Waals surface area contributed by atoms with Crippen LogP contribution >= 0.6 is 11.3 Å². The molecule has 0 amide bonds. The third-order valence-corrected chi connectivity index (χ3v) is 5.55. The van der Waals surface area contributed by atoms with E-state index >= 15 is 0 Å². The number of thiophene rings is 1. The molecule has 4 rings (SSSR count). The Hall–Kier alpha value is -2.05. The smallest absolute Gasteiger partial charge is 0.204 e. The fourth-order valence-corrected chi connectivity index (χ4v) is 3.89. The Kier molecular flexibility index (Phi) is 5.72. The van der Waals surface area contributed by atoms with E-state index in [1.54, 1.807) is 16.1 Å². The molecule has 0 saturated heterocycles. The van der Waals surface area contributed by atoms with Crippen molar-refractivity contribution in [2.45, 2.75) is 51.2 Å². The third kappa shape index (κ3) is 4.77. The van der Waals surface area contributed by atoms with E-state index in [9.17, 15) is 0 Å². The van der Waals surface area contributed by atoms with Crippen molar-refractivity contribution >= 4 is 11.3 Å². The van der Waals surface area contributed by atoms with Gasteiger partial charge >= 0.3 is 0 Å². The van der Waals surface area contributed by atoms with E-state index < -0.39 is 0 Å². The summed E-state index contributed by atoms with van der Waals surface area (Å²) in [5.74, 6) is 0.710. The Morgan fingerprint density at radius 1 is 1.08 bits per heavy atom. The Morgan fingerprint density at radius 3 is 2.73 bits per heavy atom. The van der Waals surface area contributed by atoms with Gasteiger partial charge in [-0.15, -0.1) is 10.2 Å². The monoisotopic (exact) mass is 367 g/mol. The molecule has 0 radical (unpaired) electrons. The van der Waals surface area contributed by atoms with Crippen molar-refractivity contribution < 1.29 is 0 Å². The summed E-state index contributed by atoms with van der Waals surface area (Å²) in [5.41, 5.74) is 2.48. The van der Waals surface area contributed by atoms with Crippen LogP contribution in [0, 0.1) is 0 Å². The van der Waals surface area contributed by atoms with Gasteiger partial charge in [0.2, 0.25) is 5.82 Å². The van der Waals surface area contributed by atoms with Crippen LogP contribution in [0.25, 0.3) is 11.4 Å². The molecule has 0 atom stereocenters. The Balaban J connectivity index is 1.19. The summed E-state index contributed by atoms with van der Waals surface area (Å²) in [6.07, 6.45) is 6.28. The van der Waals surface area contributed by atoms with Crippen LogP contribution in [0.3, 0.4) is 0 Å². The van der Waals surface area contributed by atoms with Gasteiger partial charge in [-0.3, -0.25) is 4.90 Å². The predicted molar refractivity (Wildman–Crippen MR) is 105 cm³/mol. The van der Waals surface area contributed by atoms with Gasteiger partial charge in [0, 0.05) is 18.2 Å². The molecule has 0 aliphatic heterocycles. The molecule has 136 valence electrons. The van der Waals surface area contributed by atoms with E-state index in [0.29, 0.717) is 5.82 Å². The quantitative estimate of drug-likeness (QED) is 0.503. The lowest BCUT2D eigenvalue weighted by atomic mass is 10.2. The summed E-state index contributed by atoms with van der Waals surface area (Å²) in [6.45, 7) is 3.15.